The molecule has 1 aliphatic rings. The first kappa shape index (κ1) is 22.6. The summed E-state index contributed by atoms with van der Waals surface area (Å²) in [4.78, 5) is 16.6. The molecule has 0 aliphatic heterocycles. The molecule has 0 amide bonds. The van der Waals surface area contributed by atoms with Crippen LogP contribution in [0.5, 0.6) is 0 Å². The van der Waals surface area contributed by atoms with Gasteiger partial charge in [-0.2, -0.15) is 13.2 Å². The van der Waals surface area contributed by atoms with E-state index in [-0.39, 0.29) is 23.3 Å². The van der Waals surface area contributed by atoms with Crippen LogP contribution in [0.1, 0.15) is 53.7 Å². The largest absolute Gasteiger partial charge is 0.433 e. The lowest BCUT2D eigenvalue weighted by atomic mass is 9.82. The fourth-order valence-electron chi connectivity index (χ4n) is 4.67. The maximum Gasteiger partial charge on any atom is 0.433 e. The molecule has 0 bridgehead atoms. The van der Waals surface area contributed by atoms with Crippen LogP contribution < -0.4 is 5.32 Å². The molecule has 32 heavy (non-hydrogen) atoms. The van der Waals surface area contributed by atoms with Crippen LogP contribution in [0.3, 0.4) is 0 Å². The standard InChI is InChI=1S/C24H25ClF3N3O/c1-14-12-31(2)13-19(14)22(32)9-15-4-3-5-17(8-15)29-21-11-23(24(26,27)28)30-20-7-6-16(25)10-18(20)21/h6-7,10-13,15,17H,3-5,8-9H2,1-2H3,(H,29,30)/t15-,17+/m1/s1. The van der Waals surface area contributed by atoms with Crippen LogP contribution in [0.2, 0.25) is 5.02 Å². The van der Waals surface area contributed by atoms with Crippen molar-refractivity contribution < 1.29 is 18.0 Å². The zero-order valence-electron chi connectivity index (χ0n) is 18.0. The number of ketones is 1. The number of aromatic nitrogens is 2. The summed E-state index contributed by atoms with van der Waals surface area (Å²) in [6.07, 6.45) is 3.09. The number of rotatable bonds is 5. The number of benzene rings is 1. The highest BCUT2D eigenvalue weighted by Gasteiger charge is 2.34. The maximum atomic E-state index is 13.4. The van der Waals surface area contributed by atoms with E-state index < -0.39 is 11.9 Å². The van der Waals surface area contributed by atoms with E-state index in [1.807, 2.05) is 30.9 Å². The number of nitrogens with one attached hydrogen (secondary N) is 1. The lowest BCUT2D eigenvalue weighted by molar-refractivity contribution is -0.140. The highest BCUT2D eigenvalue weighted by atomic mass is 35.5. The van der Waals surface area contributed by atoms with Crippen molar-refractivity contribution in [2.45, 2.75) is 51.2 Å². The molecule has 4 rings (SSSR count). The highest BCUT2D eigenvalue weighted by molar-refractivity contribution is 6.31. The van der Waals surface area contributed by atoms with Gasteiger partial charge in [0.1, 0.15) is 5.69 Å². The SMILES string of the molecule is Cc1cn(C)cc1C(=O)C[C@@H]1CCC[C@H](Nc2cc(C(F)(F)F)nc3ccc(Cl)cc23)C1. The Morgan fingerprint density at radius 2 is 2.03 bits per heavy atom. The minimum atomic E-state index is -4.54. The van der Waals surface area contributed by atoms with Crippen molar-refractivity contribution in [2.24, 2.45) is 13.0 Å². The second kappa shape index (κ2) is 8.77. The Morgan fingerprint density at radius 1 is 1.25 bits per heavy atom. The predicted octanol–water partition coefficient (Wildman–Crippen LogP) is 6.80. The van der Waals surface area contributed by atoms with E-state index in [0.29, 0.717) is 22.5 Å². The summed E-state index contributed by atoms with van der Waals surface area (Å²) in [7, 11) is 1.89. The number of halogens is 4. The van der Waals surface area contributed by atoms with Crippen molar-refractivity contribution >= 4 is 34.0 Å². The molecule has 1 fully saturated rings. The van der Waals surface area contributed by atoms with Gasteiger partial charge in [0.05, 0.1) is 5.52 Å². The van der Waals surface area contributed by atoms with Gasteiger partial charge in [0.2, 0.25) is 0 Å². The number of carbonyl (C=O) groups excluding carboxylic acids is 1. The van der Waals surface area contributed by atoms with Gasteiger partial charge in [-0.15, -0.1) is 0 Å². The van der Waals surface area contributed by atoms with Gasteiger partial charge in [0, 0.05) is 53.6 Å². The smallest absolute Gasteiger partial charge is 0.382 e. The van der Waals surface area contributed by atoms with E-state index in [0.717, 1.165) is 42.9 Å². The van der Waals surface area contributed by atoms with E-state index >= 15 is 0 Å². The van der Waals surface area contributed by atoms with E-state index in [9.17, 15) is 18.0 Å². The van der Waals surface area contributed by atoms with Crippen LogP contribution in [0.15, 0.2) is 36.7 Å². The molecule has 0 unspecified atom stereocenters. The highest BCUT2D eigenvalue weighted by Crippen LogP contribution is 2.36. The molecule has 2 aromatic heterocycles. The molecule has 1 N–H and O–H groups in total. The second-order valence-corrected chi connectivity index (χ2v) is 9.17. The molecule has 1 saturated carbocycles. The first-order valence-electron chi connectivity index (χ1n) is 10.7. The molecule has 2 heterocycles. The third-order valence-electron chi connectivity index (χ3n) is 6.13. The lowest BCUT2D eigenvalue weighted by Crippen LogP contribution is -2.28. The molecule has 0 spiro atoms. The zero-order chi connectivity index (χ0) is 23.0. The van der Waals surface area contributed by atoms with Crippen LogP contribution in [-0.4, -0.2) is 21.4 Å². The maximum absolute atomic E-state index is 13.4. The second-order valence-electron chi connectivity index (χ2n) is 8.74. The normalized spacial score (nSPS) is 19.3. The molecule has 1 aliphatic carbocycles. The van der Waals surface area contributed by atoms with Gasteiger partial charge < -0.3 is 9.88 Å². The van der Waals surface area contributed by atoms with E-state index in [1.54, 1.807) is 6.07 Å². The summed E-state index contributed by atoms with van der Waals surface area (Å²) in [6.45, 7) is 1.93. The number of alkyl halides is 3. The summed E-state index contributed by atoms with van der Waals surface area (Å²) < 4.78 is 42.1. The van der Waals surface area contributed by atoms with Crippen molar-refractivity contribution in [3.05, 3.63) is 58.5 Å². The van der Waals surface area contributed by atoms with Crippen LogP contribution in [0.4, 0.5) is 18.9 Å². The minimum absolute atomic E-state index is 0.0240. The van der Waals surface area contributed by atoms with Gasteiger partial charge >= 0.3 is 6.18 Å². The molecule has 2 atom stereocenters. The summed E-state index contributed by atoms with van der Waals surface area (Å²) >= 11 is 6.10. The van der Waals surface area contributed by atoms with Gasteiger partial charge in [-0.05, 0) is 61.9 Å². The Bertz CT molecular complexity index is 1160. The first-order chi connectivity index (χ1) is 15.1. The summed E-state index contributed by atoms with van der Waals surface area (Å²) in [5.74, 6) is 0.307. The van der Waals surface area contributed by atoms with Crippen molar-refractivity contribution in [1.29, 1.82) is 0 Å². The average Bonchev–Trinajstić information content (AvgIpc) is 3.06. The van der Waals surface area contributed by atoms with Gasteiger partial charge in [-0.25, -0.2) is 4.98 Å². The van der Waals surface area contributed by atoms with Crippen LogP contribution >= 0.6 is 11.6 Å². The molecule has 3 aromatic rings. The van der Waals surface area contributed by atoms with E-state index in [4.69, 9.17) is 11.6 Å². The number of hydrogen-bond donors (Lipinski definition) is 1. The number of fused-ring (bicyclic) bond motifs is 1. The molecular formula is C24H25ClF3N3O. The Hall–Kier alpha value is -2.54. The molecule has 8 heteroatoms. The van der Waals surface area contributed by atoms with Crippen molar-refractivity contribution in [2.75, 3.05) is 5.32 Å². The first-order valence-corrected chi connectivity index (χ1v) is 11.1. The van der Waals surface area contributed by atoms with Crippen LogP contribution in [0.25, 0.3) is 10.9 Å². The minimum Gasteiger partial charge on any atom is -0.382 e. The van der Waals surface area contributed by atoms with Gasteiger partial charge in [0.25, 0.3) is 0 Å². The predicted molar refractivity (Wildman–Crippen MR) is 120 cm³/mol. The molecule has 170 valence electrons. The molecule has 4 nitrogen and oxygen atoms in total. The van der Waals surface area contributed by atoms with Gasteiger partial charge in [-0.3, -0.25) is 4.79 Å². The zero-order valence-corrected chi connectivity index (χ0v) is 18.7. The molecule has 0 radical (unpaired) electrons. The monoisotopic (exact) mass is 463 g/mol. The number of Topliss-reactive ketones (excluding diaryl/α,β-unsaturated/α-hetero) is 1. The van der Waals surface area contributed by atoms with Crippen molar-refractivity contribution in [3.8, 4) is 0 Å². The number of nitrogens with zero attached hydrogens (tertiary/aromatic N) is 2. The number of hydrogen-bond acceptors (Lipinski definition) is 3. The Balaban J connectivity index is 1.54. The third kappa shape index (κ3) is 4.93. The average molecular weight is 464 g/mol. The number of carbonyl (C=O) groups is 1. The Labute approximate surface area is 189 Å². The van der Waals surface area contributed by atoms with E-state index in [2.05, 4.69) is 10.3 Å². The molecule has 0 saturated heterocycles. The summed E-state index contributed by atoms with van der Waals surface area (Å²) in [6, 6.07) is 5.70. The summed E-state index contributed by atoms with van der Waals surface area (Å²) in [5.41, 5.74) is 1.39. The van der Waals surface area contributed by atoms with Crippen molar-refractivity contribution in [3.63, 3.8) is 0 Å². The molecular weight excluding hydrogens is 439 g/mol. The van der Waals surface area contributed by atoms with Crippen LogP contribution in [0, 0.1) is 12.8 Å². The summed E-state index contributed by atoms with van der Waals surface area (Å²) in [5, 5.41) is 4.30. The molecule has 1 aromatic carbocycles. The van der Waals surface area contributed by atoms with Gasteiger partial charge in [-0.1, -0.05) is 18.0 Å². The number of aryl methyl sites for hydroxylation is 2. The fourth-order valence-corrected chi connectivity index (χ4v) is 4.84. The quantitative estimate of drug-likeness (QED) is 0.423. The Morgan fingerprint density at radius 3 is 2.72 bits per heavy atom. The van der Waals surface area contributed by atoms with Crippen molar-refractivity contribution in [1.82, 2.24) is 9.55 Å². The van der Waals surface area contributed by atoms with Gasteiger partial charge in [0.15, 0.2) is 5.78 Å². The van der Waals surface area contributed by atoms with Crippen LogP contribution in [-0.2, 0) is 13.2 Å². The number of anilines is 1. The fraction of sp³-hybridized carbons (Fsp3) is 0.417. The number of pyridine rings is 1. The topological polar surface area (TPSA) is 46.9 Å². The lowest BCUT2D eigenvalue weighted by Gasteiger charge is -2.30. The van der Waals surface area contributed by atoms with E-state index in [1.165, 1.54) is 12.1 Å². The Kier molecular flexibility index (Phi) is 6.21. The third-order valence-corrected chi connectivity index (χ3v) is 6.37.